The van der Waals surface area contributed by atoms with Gasteiger partial charge >= 0.3 is 0 Å². The van der Waals surface area contributed by atoms with Crippen LogP contribution in [-0.4, -0.2) is 18.8 Å². The lowest BCUT2D eigenvalue weighted by atomic mass is 10.1. The van der Waals surface area contributed by atoms with Gasteiger partial charge in [-0.2, -0.15) is 0 Å². The Bertz CT molecular complexity index is 83.3. The third kappa shape index (κ3) is 1.96. The van der Waals surface area contributed by atoms with Gasteiger partial charge in [0.15, 0.2) is 0 Å². The molecule has 10 heavy (non-hydrogen) atoms. The molecule has 0 aliphatic carbocycles. The van der Waals surface area contributed by atoms with E-state index in [-0.39, 0.29) is 0 Å². The maximum atomic E-state index is 3.54. The second-order valence-electron chi connectivity index (χ2n) is 2.98. The molecule has 0 spiro atoms. The molecular formula is C8H18N2. The van der Waals surface area contributed by atoms with Gasteiger partial charge in [0.05, 0.1) is 6.17 Å². The van der Waals surface area contributed by atoms with Crippen LogP contribution in [0.2, 0.25) is 0 Å². The first-order chi connectivity index (χ1) is 4.86. The van der Waals surface area contributed by atoms with Crippen LogP contribution in [0.1, 0.15) is 33.1 Å². The molecule has 1 rings (SSSR count). The zero-order valence-electron chi connectivity index (χ0n) is 6.98. The van der Waals surface area contributed by atoms with Gasteiger partial charge in [0.1, 0.15) is 0 Å². The summed E-state index contributed by atoms with van der Waals surface area (Å²) in [4.78, 5) is 0. The standard InChI is InChI=1S/C8H18N2/c1-3-7-5-6-9-8(4-2)10-7/h7-10H,3-6H2,1-2H3. The Morgan fingerprint density at radius 3 is 2.70 bits per heavy atom. The molecule has 2 unspecified atom stereocenters. The van der Waals surface area contributed by atoms with Crippen molar-refractivity contribution in [2.75, 3.05) is 6.54 Å². The van der Waals surface area contributed by atoms with Crippen molar-refractivity contribution >= 4 is 0 Å². The summed E-state index contributed by atoms with van der Waals surface area (Å²) in [5, 5.41) is 6.96. The molecule has 0 saturated carbocycles. The molecule has 0 aromatic carbocycles. The number of nitrogens with one attached hydrogen (secondary N) is 2. The molecule has 0 bridgehead atoms. The number of rotatable bonds is 2. The lowest BCUT2D eigenvalue weighted by Gasteiger charge is -2.30. The van der Waals surface area contributed by atoms with Crippen LogP contribution in [0.3, 0.4) is 0 Å². The van der Waals surface area contributed by atoms with E-state index in [4.69, 9.17) is 0 Å². The summed E-state index contributed by atoms with van der Waals surface area (Å²) in [6.45, 7) is 5.64. The van der Waals surface area contributed by atoms with Crippen LogP contribution in [-0.2, 0) is 0 Å². The fourth-order valence-electron chi connectivity index (χ4n) is 1.44. The zero-order valence-corrected chi connectivity index (χ0v) is 6.98. The van der Waals surface area contributed by atoms with E-state index in [1.54, 1.807) is 0 Å². The van der Waals surface area contributed by atoms with Crippen LogP contribution in [0.25, 0.3) is 0 Å². The van der Waals surface area contributed by atoms with E-state index in [2.05, 4.69) is 24.5 Å². The summed E-state index contributed by atoms with van der Waals surface area (Å²) in [6, 6.07) is 0.756. The molecule has 2 N–H and O–H groups in total. The largest absolute Gasteiger partial charge is 0.302 e. The molecule has 2 atom stereocenters. The fourth-order valence-corrected chi connectivity index (χ4v) is 1.44. The minimum absolute atomic E-state index is 0.568. The zero-order chi connectivity index (χ0) is 7.40. The Morgan fingerprint density at radius 2 is 2.10 bits per heavy atom. The smallest absolute Gasteiger partial charge is 0.0571 e. The Morgan fingerprint density at radius 1 is 1.30 bits per heavy atom. The second-order valence-corrected chi connectivity index (χ2v) is 2.98. The van der Waals surface area contributed by atoms with Crippen LogP contribution in [0.4, 0.5) is 0 Å². The van der Waals surface area contributed by atoms with Crippen LogP contribution in [0, 0.1) is 0 Å². The maximum Gasteiger partial charge on any atom is 0.0571 e. The topological polar surface area (TPSA) is 24.1 Å². The summed E-state index contributed by atoms with van der Waals surface area (Å²) in [7, 11) is 0. The van der Waals surface area contributed by atoms with Gasteiger partial charge in [-0.3, -0.25) is 5.32 Å². The lowest BCUT2D eigenvalue weighted by molar-refractivity contribution is 0.288. The SMILES string of the molecule is CCC1CCNC(CC)N1. The average molecular weight is 142 g/mol. The second kappa shape index (κ2) is 3.94. The van der Waals surface area contributed by atoms with Crippen molar-refractivity contribution < 1.29 is 0 Å². The molecule has 1 fully saturated rings. The monoisotopic (exact) mass is 142 g/mol. The van der Waals surface area contributed by atoms with Crippen molar-refractivity contribution in [2.24, 2.45) is 0 Å². The third-order valence-electron chi connectivity index (χ3n) is 2.22. The van der Waals surface area contributed by atoms with Crippen molar-refractivity contribution in [1.29, 1.82) is 0 Å². The van der Waals surface area contributed by atoms with Crippen LogP contribution < -0.4 is 10.6 Å². The highest BCUT2D eigenvalue weighted by Crippen LogP contribution is 2.04. The van der Waals surface area contributed by atoms with E-state index < -0.39 is 0 Å². The molecule has 1 saturated heterocycles. The van der Waals surface area contributed by atoms with Crippen molar-refractivity contribution in [1.82, 2.24) is 10.6 Å². The van der Waals surface area contributed by atoms with Gasteiger partial charge in [-0.05, 0) is 25.8 Å². The Kier molecular flexibility index (Phi) is 3.16. The first kappa shape index (κ1) is 8.02. The van der Waals surface area contributed by atoms with E-state index in [9.17, 15) is 0 Å². The molecule has 1 aliphatic rings. The van der Waals surface area contributed by atoms with Crippen molar-refractivity contribution in [3.8, 4) is 0 Å². The first-order valence-corrected chi connectivity index (χ1v) is 4.36. The van der Waals surface area contributed by atoms with Gasteiger partial charge in [-0.25, -0.2) is 0 Å². The van der Waals surface area contributed by atoms with Gasteiger partial charge < -0.3 is 5.32 Å². The number of hydrogen-bond donors (Lipinski definition) is 2. The molecule has 2 nitrogen and oxygen atoms in total. The van der Waals surface area contributed by atoms with Crippen molar-refractivity contribution in [2.45, 2.75) is 45.3 Å². The summed E-state index contributed by atoms with van der Waals surface area (Å²) >= 11 is 0. The van der Waals surface area contributed by atoms with Crippen molar-refractivity contribution in [3.05, 3.63) is 0 Å². The summed E-state index contributed by atoms with van der Waals surface area (Å²) in [5.74, 6) is 0. The van der Waals surface area contributed by atoms with Crippen molar-refractivity contribution in [3.63, 3.8) is 0 Å². The normalized spacial score (nSPS) is 34.2. The fraction of sp³-hybridized carbons (Fsp3) is 1.00. The van der Waals surface area contributed by atoms with Crippen LogP contribution in [0.5, 0.6) is 0 Å². The van der Waals surface area contributed by atoms with Gasteiger partial charge in [-0.15, -0.1) is 0 Å². The minimum Gasteiger partial charge on any atom is -0.302 e. The Hall–Kier alpha value is -0.0800. The predicted molar refractivity (Wildman–Crippen MR) is 43.9 cm³/mol. The quantitative estimate of drug-likeness (QED) is 0.603. The van der Waals surface area contributed by atoms with E-state index >= 15 is 0 Å². The Balaban J connectivity index is 2.25. The molecular weight excluding hydrogens is 124 g/mol. The van der Waals surface area contributed by atoms with Gasteiger partial charge in [0.25, 0.3) is 0 Å². The van der Waals surface area contributed by atoms with E-state index in [0.717, 1.165) is 6.04 Å². The number of hydrogen-bond acceptors (Lipinski definition) is 2. The van der Waals surface area contributed by atoms with Gasteiger partial charge in [0.2, 0.25) is 0 Å². The summed E-state index contributed by atoms with van der Waals surface area (Å²) < 4.78 is 0. The van der Waals surface area contributed by atoms with Crippen LogP contribution >= 0.6 is 0 Å². The Labute approximate surface area is 63.4 Å². The molecule has 0 radical (unpaired) electrons. The highest BCUT2D eigenvalue weighted by molar-refractivity contribution is 4.77. The highest BCUT2D eigenvalue weighted by atomic mass is 15.2. The molecule has 1 heterocycles. The maximum absolute atomic E-state index is 3.54. The predicted octanol–water partition coefficient (Wildman–Crippen LogP) is 1.08. The first-order valence-electron chi connectivity index (χ1n) is 4.36. The highest BCUT2D eigenvalue weighted by Gasteiger charge is 2.16. The molecule has 60 valence electrons. The average Bonchev–Trinajstić information content (AvgIpc) is 2.05. The molecule has 1 aliphatic heterocycles. The molecule has 0 aromatic heterocycles. The minimum atomic E-state index is 0.568. The van der Waals surface area contributed by atoms with E-state index in [0.29, 0.717) is 6.17 Å². The summed E-state index contributed by atoms with van der Waals surface area (Å²) in [5.41, 5.74) is 0. The van der Waals surface area contributed by atoms with Crippen LogP contribution in [0.15, 0.2) is 0 Å². The third-order valence-corrected chi connectivity index (χ3v) is 2.22. The van der Waals surface area contributed by atoms with Gasteiger partial charge in [-0.1, -0.05) is 13.8 Å². The molecule has 0 aromatic rings. The molecule has 2 heteroatoms. The van der Waals surface area contributed by atoms with E-state index in [1.165, 1.54) is 25.8 Å². The lowest BCUT2D eigenvalue weighted by Crippen LogP contribution is -2.52. The van der Waals surface area contributed by atoms with Gasteiger partial charge in [0, 0.05) is 6.04 Å². The molecule has 0 amide bonds. The summed E-state index contributed by atoms with van der Waals surface area (Å²) in [6.07, 6.45) is 4.31. The van der Waals surface area contributed by atoms with E-state index in [1.807, 2.05) is 0 Å².